The highest BCUT2D eigenvalue weighted by Crippen LogP contribution is 2.25. The topological polar surface area (TPSA) is 110 Å². The minimum absolute atomic E-state index is 0.0946. The maximum Gasteiger partial charge on any atom is 0.115 e. The van der Waals surface area contributed by atoms with Crippen LogP contribution in [0.5, 0.6) is 11.5 Å². The molecule has 1 fully saturated rings. The van der Waals surface area contributed by atoms with Crippen LogP contribution in [0.2, 0.25) is 0 Å². The van der Waals surface area contributed by atoms with Crippen molar-refractivity contribution in [2.45, 2.75) is 52.1 Å². The number of ether oxygens (including phenoxy) is 1. The largest absolute Gasteiger partial charge is 0.508 e. The summed E-state index contributed by atoms with van der Waals surface area (Å²) in [5.41, 5.74) is 0. The van der Waals surface area contributed by atoms with E-state index in [-0.39, 0.29) is 30.1 Å². The van der Waals surface area contributed by atoms with Crippen LogP contribution in [0.15, 0.2) is 24.3 Å². The molecule has 0 aromatic heterocycles. The summed E-state index contributed by atoms with van der Waals surface area (Å²) in [5, 5.41) is 44.9. The molecule has 22 heavy (non-hydrogen) atoms. The van der Waals surface area contributed by atoms with Crippen LogP contribution in [-0.4, -0.2) is 56.6 Å². The Morgan fingerprint density at radius 3 is 1.68 bits per heavy atom. The van der Waals surface area contributed by atoms with E-state index < -0.39 is 18.3 Å². The normalized spacial score (nSPS) is 30.4. The molecule has 1 aliphatic heterocycles. The van der Waals surface area contributed by atoms with E-state index in [9.17, 15) is 10.2 Å². The summed E-state index contributed by atoms with van der Waals surface area (Å²) in [6.07, 6.45) is -2.54. The van der Waals surface area contributed by atoms with Crippen LogP contribution in [0, 0.1) is 5.92 Å². The van der Waals surface area contributed by atoms with Crippen molar-refractivity contribution in [2.75, 3.05) is 6.61 Å². The second-order valence-corrected chi connectivity index (χ2v) is 4.92. The Morgan fingerprint density at radius 2 is 1.32 bits per heavy atom. The smallest absolute Gasteiger partial charge is 0.115 e. The van der Waals surface area contributed by atoms with Crippen LogP contribution in [0.4, 0.5) is 0 Å². The lowest BCUT2D eigenvalue weighted by Gasteiger charge is -2.39. The second-order valence-electron chi connectivity index (χ2n) is 4.92. The van der Waals surface area contributed by atoms with E-state index in [1.807, 2.05) is 27.7 Å². The number of rotatable bonds is 1. The molecule has 0 saturated carbocycles. The maximum absolute atomic E-state index is 9.48. The standard InChI is InChI=1S/C8H16O4.C6H6O2.C2H6/c1-4-5(2)12-6(3-9)8(11)7(4)10;7-5-1-2-6(8)4-3-5;1-2/h4-11H,3H2,1-2H3;1-4,7-8H;1-2H3. The van der Waals surface area contributed by atoms with Crippen molar-refractivity contribution < 1.29 is 30.3 Å². The molecule has 1 saturated heterocycles. The van der Waals surface area contributed by atoms with Crippen molar-refractivity contribution in [1.82, 2.24) is 0 Å². The van der Waals surface area contributed by atoms with Gasteiger partial charge in [-0.2, -0.15) is 0 Å². The van der Waals surface area contributed by atoms with Gasteiger partial charge in [-0.25, -0.2) is 0 Å². The van der Waals surface area contributed by atoms with E-state index in [1.54, 1.807) is 0 Å². The molecule has 5 N–H and O–H groups in total. The highest BCUT2D eigenvalue weighted by molar-refractivity contribution is 5.28. The third kappa shape index (κ3) is 6.19. The molecule has 1 aromatic carbocycles. The zero-order chi connectivity index (χ0) is 17.3. The Bertz CT molecular complexity index is 368. The zero-order valence-corrected chi connectivity index (χ0v) is 13.5. The molecule has 128 valence electrons. The molecule has 6 heteroatoms. The first kappa shape index (κ1) is 20.7. The highest BCUT2D eigenvalue weighted by Gasteiger charge is 2.39. The third-order valence-corrected chi connectivity index (χ3v) is 3.43. The van der Waals surface area contributed by atoms with Gasteiger partial charge >= 0.3 is 0 Å². The lowest BCUT2D eigenvalue weighted by atomic mass is 9.89. The summed E-state index contributed by atoms with van der Waals surface area (Å²) in [7, 11) is 0. The molecule has 0 aliphatic carbocycles. The molecular formula is C16H28O6. The van der Waals surface area contributed by atoms with Gasteiger partial charge < -0.3 is 30.3 Å². The van der Waals surface area contributed by atoms with E-state index in [4.69, 9.17) is 20.1 Å². The summed E-state index contributed by atoms with van der Waals surface area (Å²) >= 11 is 0. The predicted molar refractivity (Wildman–Crippen MR) is 83.7 cm³/mol. The van der Waals surface area contributed by atoms with Gasteiger partial charge in [0, 0.05) is 5.92 Å². The molecule has 6 nitrogen and oxygen atoms in total. The molecule has 1 aliphatic rings. The molecule has 0 radical (unpaired) electrons. The Hall–Kier alpha value is -1.34. The van der Waals surface area contributed by atoms with Gasteiger partial charge in [-0.3, -0.25) is 0 Å². The molecule has 5 atom stereocenters. The van der Waals surface area contributed by atoms with Gasteiger partial charge in [-0.05, 0) is 31.2 Å². The van der Waals surface area contributed by atoms with Crippen molar-refractivity contribution >= 4 is 0 Å². The second kappa shape index (κ2) is 10.4. The van der Waals surface area contributed by atoms with Crippen LogP contribution >= 0.6 is 0 Å². The predicted octanol–water partition coefficient (Wildman–Crippen LogP) is 1.25. The van der Waals surface area contributed by atoms with Crippen LogP contribution in [0.25, 0.3) is 0 Å². The fourth-order valence-electron chi connectivity index (χ4n) is 1.89. The summed E-state index contributed by atoms with van der Waals surface area (Å²) in [6, 6.07) is 5.70. The number of phenols is 2. The molecule has 2 rings (SSSR count). The fraction of sp³-hybridized carbons (Fsp3) is 0.625. The first-order valence-corrected chi connectivity index (χ1v) is 7.47. The summed E-state index contributed by atoms with van der Waals surface area (Å²) < 4.78 is 5.27. The average molecular weight is 316 g/mol. The molecular weight excluding hydrogens is 288 g/mol. The number of hydrogen-bond acceptors (Lipinski definition) is 6. The van der Waals surface area contributed by atoms with Gasteiger partial charge in [0.2, 0.25) is 0 Å². The Balaban J connectivity index is 0.000000382. The minimum atomic E-state index is -0.971. The Kier molecular flexibility index (Phi) is 9.76. The zero-order valence-electron chi connectivity index (χ0n) is 13.5. The number of aromatic hydroxyl groups is 2. The first-order chi connectivity index (χ1) is 10.4. The molecule has 0 spiro atoms. The monoisotopic (exact) mass is 316 g/mol. The molecule has 0 amide bonds. The summed E-state index contributed by atoms with van der Waals surface area (Å²) in [6.45, 7) is 7.38. The van der Waals surface area contributed by atoms with E-state index in [2.05, 4.69) is 0 Å². The van der Waals surface area contributed by atoms with Gasteiger partial charge in [0.1, 0.15) is 23.7 Å². The summed E-state index contributed by atoms with van der Waals surface area (Å²) in [4.78, 5) is 0. The van der Waals surface area contributed by atoms with Crippen LogP contribution in [-0.2, 0) is 4.74 Å². The van der Waals surface area contributed by atoms with Crippen LogP contribution < -0.4 is 0 Å². The first-order valence-electron chi connectivity index (χ1n) is 7.47. The molecule has 1 heterocycles. The third-order valence-electron chi connectivity index (χ3n) is 3.43. The van der Waals surface area contributed by atoms with E-state index in [0.29, 0.717) is 0 Å². The highest BCUT2D eigenvalue weighted by atomic mass is 16.5. The van der Waals surface area contributed by atoms with E-state index in [0.717, 1.165) is 0 Å². The Labute approximate surface area is 131 Å². The van der Waals surface area contributed by atoms with Crippen molar-refractivity contribution in [3.63, 3.8) is 0 Å². The van der Waals surface area contributed by atoms with Crippen molar-refractivity contribution in [3.8, 4) is 11.5 Å². The van der Waals surface area contributed by atoms with E-state index >= 15 is 0 Å². The fourth-order valence-corrected chi connectivity index (χ4v) is 1.89. The molecule has 1 aromatic rings. The quantitative estimate of drug-likeness (QED) is 0.499. The molecule has 0 bridgehead atoms. The number of benzene rings is 1. The van der Waals surface area contributed by atoms with Gasteiger partial charge in [0.15, 0.2) is 0 Å². The number of aliphatic hydroxyl groups is 3. The van der Waals surface area contributed by atoms with Gasteiger partial charge in [-0.1, -0.05) is 20.8 Å². The lowest BCUT2D eigenvalue weighted by Crippen LogP contribution is -2.53. The lowest BCUT2D eigenvalue weighted by molar-refractivity contribution is -0.200. The SMILES string of the molecule is CC.CC1OC(CO)C(O)C(O)C1C.Oc1ccc(O)cc1. The molecule has 5 unspecified atom stereocenters. The number of aliphatic hydroxyl groups excluding tert-OH is 3. The van der Waals surface area contributed by atoms with Gasteiger partial charge in [-0.15, -0.1) is 0 Å². The maximum atomic E-state index is 9.48. The van der Waals surface area contributed by atoms with Crippen molar-refractivity contribution in [1.29, 1.82) is 0 Å². The van der Waals surface area contributed by atoms with Crippen molar-refractivity contribution in [3.05, 3.63) is 24.3 Å². The van der Waals surface area contributed by atoms with E-state index in [1.165, 1.54) is 24.3 Å². The van der Waals surface area contributed by atoms with Crippen LogP contribution in [0.1, 0.15) is 27.7 Å². The van der Waals surface area contributed by atoms with Gasteiger partial charge in [0.25, 0.3) is 0 Å². The van der Waals surface area contributed by atoms with Crippen molar-refractivity contribution in [2.24, 2.45) is 5.92 Å². The van der Waals surface area contributed by atoms with Gasteiger partial charge in [0.05, 0.1) is 18.8 Å². The minimum Gasteiger partial charge on any atom is -0.508 e. The van der Waals surface area contributed by atoms with Crippen LogP contribution in [0.3, 0.4) is 0 Å². The Morgan fingerprint density at radius 1 is 0.909 bits per heavy atom. The number of phenolic OH excluding ortho intramolecular Hbond substituents is 2. The average Bonchev–Trinajstić information content (AvgIpc) is 2.54. The summed E-state index contributed by atoms with van der Waals surface area (Å²) in [5.74, 6) is 0.244. The number of hydrogen-bond donors (Lipinski definition) is 5.